The average molecular weight is 629 g/mol. The van der Waals surface area contributed by atoms with Crippen molar-refractivity contribution in [1.82, 2.24) is 29.0 Å². The van der Waals surface area contributed by atoms with Crippen molar-refractivity contribution in [2.24, 2.45) is 12.0 Å². The van der Waals surface area contributed by atoms with E-state index in [1.165, 1.54) is 0 Å². The highest BCUT2D eigenvalue weighted by Gasteiger charge is 2.27. The topological polar surface area (TPSA) is 141 Å². The molecule has 0 radical (unpaired) electrons. The van der Waals surface area contributed by atoms with Crippen LogP contribution in [0.1, 0.15) is 40.3 Å². The summed E-state index contributed by atoms with van der Waals surface area (Å²) < 4.78 is 9.27. The van der Waals surface area contributed by atoms with Gasteiger partial charge in [-0.3, -0.25) is 14.5 Å². The number of pyridine rings is 3. The lowest BCUT2D eigenvalue weighted by molar-refractivity contribution is 0.0240. The van der Waals surface area contributed by atoms with Gasteiger partial charge in [-0.05, 0) is 76.6 Å². The van der Waals surface area contributed by atoms with E-state index in [1.54, 1.807) is 17.3 Å². The molecule has 238 valence electrons. The molecule has 0 aliphatic carbocycles. The minimum absolute atomic E-state index is 0.287. The summed E-state index contributed by atoms with van der Waals surface area (Å²) >= 11 is 0. The van der Waals surface area contributed by atoms with E-state index in [-0.39, 0.29) is 6.09 Å². The van der Waals surface area contributed by atoms with E-state index < -0.39 is 11.0 Å². The molecule has 1 saturated heterocycles. The molecular weight excluding hydrogens is 592 g/mol. The zero-order valence-corrected chi connectivity index (χ0v) is 27.4. The maximum atomic E-state index is 12.5. The zero-order valence-electron chi connectivity index (χ0n) is 27.4. The zero-order chi connectivity index (χ0) is 33.5. The molecule has 0 spiro atoms. The number of carbonyl (C=O) groups is 1. The minimum atomic E-state index is -0.745. The second kappa shape index (κ2) is 11.9. The fraction of sp³-hybridized carbons (Fsp3) is 0.343. The highest BCUT2D eigenvalue weighted by Crippen LogP contribution is 2.31. The molecule has 5 heterocycles. The van der Waals surface area contributed by atoms with E-state index in [4.69, 9.17) is 14.7 Å². The molecular formula is C35H36N10O2. The summed E-state index contributed by atoms with van der Waals surface area (Å²) in [6.45, 7) is 11.7. The molecule has 1 aliphatic heterocycles. The number of fused-ring (bicyclic) bond motifs is 3. The number of anilines is 1. The molecule has 0 saturated carbocycles. The summed E-state index contributed by atoms with van der Waals surface area (Å²) in [6.07, 6.45) is 7.00. The first-order chi connectivity index (χ1) is 22.4. The van der Waals surface area contributed by atoms with Gasteiger partial charge in [0.25, 0.3) is 0 Å². The van der Waals surface area contributed by atoms with Crippen molar-refractivity contribution in [2.45, 2.75) is 45.6 Å². The quantitative estimate of drug-likeness (QED) is 0.247. The number of nitriles is 2. The van der Waals surface area contributed by atoms with Crippen LogP contribution >= 0.6 is 0 Å². The monoisotopic (exact) mass is 628 g/mol. The predicted octanol–water partition coefficient (Wildman–Crippen LogP) is 5.21. The number of aryl methyl sites for hydroxylation is 1. The van der Waals surface area contributed by atoms with E-state index in [1.807, 2.05) is 99.6 Å². The van der Waals surface area contributed by atoms with Crippen LogP contribution in [0.15, 0.2) is 66.0 Å². The number of ether oxygens (including phenoxy) is 1. The number of nitrogens with zero attached hydrogens (tertiary/aromatic N) is 10. The summed E-state index contributed by atoms with van der Waals surface area (Å²) in [4.78, 5) is 34.6. The molecule has 0 atom stereocenters. The molecule has 12 heteroatoms. The van der Waals surface area contributed by atoms with Gasteiger partial charge in [-0.25, -0.2) is 9.78 Å². The maximum absolute atomic E-state index is 12.5. The Morgan fingerprint density at radius 1 is 0.894 bits per heavy atom. The lowest BCUT2D eigenvalue weighted by atomic mass is 9.91. The fourth-order valence-corrected chi connectivity index (χ4v) is 5.73. The van der Waals surface area contributed by atoms with Crippen molar-refractivity contribution in [3.63, 3.8) is 0 Å². The second-order valence-corrected chi connectivity index (χ2v) is 13.1. The summed E-state index contributed by atoms with van der Waals surface area (Å²) in [7, 11) is 1.85. The van der Waals surface area contributed by atoms with Gasteiger partial charge in [-0.2, -0.15) is 10.5 Å². The smallest absolute Gasteiger partial charge is 0.410 e. The van der Waals surface area contributed by atoms with Crippen molar-refractivity contribution in [1.29, 1.82) is 10.5 Å². The van der Waals surface area contributed by atoms with Crippen molar-refractivity contribution >= 4 is 33.8 Å². The van der Waals surface area contributed by atoms with E-state index >= 15 is 0 Å². The minimum Gasteiger partial charge on any atom is -0.444 e. The third-order valence-electron chi connectivity index (χ3n) is 8.32. The van der Waals surface area contributed by atoms with Crippen LogP contribution in [0.2, 0.25) is 0 Å². The first kappa shape index (κ1) is 31.2. The Bertz CT molecular complexity index is 2130. The number of imidazole rings is 1. The standard InChI is InChI=1S/C35H36N10O2/c1-34(2,3)47-33(46)44-15-13-43(14-16-44)30-12-8-24(18-40-30)23-7-10-27-26(17-23)31-28(20-38-27)42(6)32(41-22-37)45(31)25-9-11-29(39-19-25)35(4,5)21-36/h7-12,17-20H,13-16H2,1-6H3/b41-32-. The Labute approximate surface area is 272 Å². The lowest BCUT2D eigenvalue weighted by Crippen LogP contribution is -2.50. The SMILES string of the molecule is Cn1/c(=N/C#N)n(-c2ccc(C(C)(C)C#N)nc2)c2c3cc(-c4ccc(N5CCN(C(=O)OC(C)(C)C)CC5)nc4)ccc3ncc21. The Morgan fingerprint density at radius 2 is 1.64 bits per heavy atom. The summed E-state index contributed by atoms with van der Waals surface area (Å²) in [5.41, 5.74) is 4.82. The highest BCUT2D eigenvalue weighted by molar-refractivity contribution is 6.04. The van der Waals surface area contributed by atoms with Crippen molar-refractivity contribution in [3.05, 3.63) is 72.4 Å². The third kappa shape index (κ3) is 5.98. The fourth-order valence-electron chi connectivity index (χ4n) is 5.73. The van der Waals surface area contributed by atoms with Crippen LogP contribution in [0, 0.1) is 22.8 Å². The van der Waals surface area contributed by atoms with Crippen LogP contribution in [0.3, 0.4) is 0 Å². The molecule has 6 rings (SSSR count). The van der Waals surface area contributed by atoms with Crippen molar-refractivity contribution < 1.29 is 9.53 Å². The number of amides is 1. The van der Waals surface area contributed by atoms with E-state index in [0.29, 0.717) is 43.2 Å². The Morgan fingerprint density at radius 3 is 2.26 bits per heavy atom. The Hall–Kier alpha value is -5.75. The van der Waals surface area contributed by atoms with Crippen LogP contribution in [-0.2, 0) is 17.2 Å². The molecule has 1 amide bonds. The van der Waals surface area contributed by atoms with Crippen molar-refractivity contribution in [3.8, 4) is 29.1 Å². The Balaban J connectivity index is 1.35. The normalized spacial score (nSPS) is 14.3. The van der Waals surface area contributed by atoms with Gasteiger partial charge in [0.2, 0.25) is 11.8 Å². The van der Waals surface area contributed by atoms with Gasteiger partial charge in [-0.15, -0.1) is 4.99 Å². The average Bonchev–Trinajstić information content (AvgIpc) is 3.35. The largest absolute Gasteiger partial charge is 0.444 e. The molecule has 0 N–H and O–H groups in total. The van der Waals surface area contributed by atoms with Gasteiger partial charge >= 0.3 is 6.09 Å². The first-order valence-electron chi connectivity index (χ1n) is 15.4. The third-order valence-corrected chi connectivity index (χ3v) is 8.32. The molecule has 1 aliphatic rings. The number of hydrogen-bond acceptors (Lipinski definition) is 9. The Kier molecular flexibility index (Phi) is 7.90. The van der Waals surface area contributed by atoms with Crippen LogP contribution in [0.4, 0.5) is 10.6 Å². The molecule has 47 heavy (non-hydrogen) atoms. The number of aromatic nitrogens is 5. The molecule has 0 bridgehead atoms. The number of piperazine rings is 1. The predicted molar refractivity (Wildman–Crippen MR) is 178 cm³/mol. The van der Waals surface area contributed by atoms with Crippen molar-refractivity contribution in [2.75, 3.05) is 31.1 Å². The summed E-state index contributed by atoms with van der Waals surface area (Å²) in [5, 5.41) is 20.0. The van der Waals surface area contributed by atoms with Gasteiger partial charge in [0.05, 0.1) is 51.8 Å². The second-order valence-electron chi connectivity index (χ2n) is 13.1. The molecule has 5 aromatic rings. The van der Waals surface area contributed by atoms with Gasteiger partial charge in [0.1, 0.15) is 11.4 Å². The number of carbonyl (C=O) groups excluding carboxylic acids is 1. The van der Waals surface area contributed by atoms with Crippen LogP contribution in [0.5, 0.6) is 0 Å². The number of rotatable bonds is 4. The summed E-state index contributed by atoms with van der Waals surface area (Å²) in [5.74, 6) is 0.849. The van der Waals surface area contributed by atoms with Gasteiger partial charge < -0.3 is 19.1 Å². The maximum Gasteiger partial charge on any atom is 0.410 e. The van der Waals surface area contributed by atoms with Gasteiger partial charge in [-0.1, -0.05) is 6.07 Å². The van der Waals surface area contributed by atoms with Crippen LogP contribution in [0.25, 0.3) is 38.8 Å². The van der Waals surface area contributed by atoms with E-state index in [9.17, 15) is 15.3 Å². The van der Waals surface area contributed by atoms with Crippen LogP contribution in [-0.4, -0.2) is 66.9 Å². The molecule has 12 nitrogen and oxygen atoms in total. The van der Waals surface area contributed by atoms with Crippen LogP contribution < -0.4 is 10.5 Å². The lowest BCUT2D eigenvalue weighted by Gasteiger charge is -2.36. The molecule has 1 aromatic carbocycles. The van der Waals surface area contributed by atoms with Gasteiger partial charge in [0, 0.05) is 50.4 Å². The molecule has 0 unspecified atom stereocenters. The highest BCUT2D eigenvalue weighted by atomic mass is 16.6. The number of benzene rings is 1. The number of hydrogen-bond donors (Lipinski definition) is 0. The van der Waals surface area contributed by atoms with E-state index in [2.05, 4.69) is 27.0 Å². The van der Waals surface area contributed by atoms with Gasteiger partial charge in [0.15, 0.2) is 0 Å². The summed E-state index contributed by atoms with van der Waals surface area (Å²) in [6, 6.07) is 16.1. The first-order valence-corrected chi connectivity index (χ1v) is 15.4. The van der Waals surface area contributed by atoms with E-state index in [0.717, 1.165) is 38.9 Å². The molecule has 1 fully saturated rings. The molecule has 4 aromatic heterocycles.